The van der Waals surface area contributed by atoms with Crippen LogP contribution in [0.5, 0.6) is 5.88 Å². The molecule has 2 aromatic carbocycles. The van der Waals surface area contributed by atoms with Gasteiger partial charge in [-0.05, 0) is 53.0 Å². The number of benzene rings is 2. The standard InChI is InChI=1S/C22H21BrN4O2/c1-14-8-7-11-20(27-22(28)26(3)25-27)18(14)13-29-21-19(23)12-17(15(2)24-21)16-9-5-4-6-10-16/h4-12,25H,13H2,1-3H3. The number of pyridine rings is 1. The second kappa shape index (κ2) is 7.75. The highest BCUT2D eigenvalue weighted by Crippen LogP contribution is 2.32. The van der Waals surface area contributed by atoms with Crippen molar-refractivity contribution < 1.29 is 4.74 Å². The quantitative estimate of drug-likeness (QED) is 0.483. The first-order valence-corrected chi connectivity index (χ1v) is 10.0. The molecule has 1 N–H and O–H groups in total. The topological polar surface area (TPSA) is 64.8 Å². The first kappa shape index (κ1) is 19.3. The lowest BCUT2D eigenvalue weighted by atomic mass is 10.0. The smallest absolute Gasteiger partial charge is 0.364 e. The number of rotatable bonds is 5. The van der Waals surface area contributed by atoms with Gasteiger partial charge in [0.2, 0.25) is 5.88 Å². The molecule has 0 saturated heterocycles. The molecular weight excluding hydrogens is 432 g/mol. The second-order valence-corrected chi connectivity index (χ2v) is 7.77. The zero-order valence-electron chi connectivity index (χ0n) is 16.4. The molecule has 2 heterocycles. The molecule has 0 saturated carbocycles. The number of halogens is 1. The summed E-state index contributed by atoms with van der Waals surface area (Å²) in [6.07, 6.45) is 0. The second-order valence-electron chi connectivity index (χ2n) is 6.91. The van der Waals surface area contributed by atoms with E-state index in [9.17, 15) is 4.79 Å². The summed E-state index contributed by atoms with van der Waals surface area (Å²) in [6, 6.07) is 18.0. The van der Waals surface area contributed by atoms with E-state index in [4.69, 9.17) is 4.74 Å². The molecule has 4 rings (SSSR count). The van der Waals surface area contributed by atoms with Crippen molar-refractivity contribution in [3.8, 4) is 22.7 Å². The van der Waals surface area contributed by atoms with E-state index in [1.165, 1.54) is 9.36 Å². The van der Waals surface area contributed by atoms with Crippen LogP contribution in [0.4, 0.5) is 0 Å². The molecule has 7 heteroatoms. The number of aromatic amines is 1. The van der Waals surface area contributed by atoms with E-state index in [1.54, 1.807) is 7.05 Å². The molecule has 4 aromatic rings. The maximum absolute atomic E-state index is 12.1. The highest BCUT2D eigenvalue weighted by Gasteiger charge is 2.16. The minimum absolute atomic E-state index is 0.112. The molecule has 0 bridgehead atoms. The van der Waals surface area contributed by atoms with Crippen molar-refractivity contribution in [2.45, 2.75) is 20.5 Å². The van der Waals surface area contributed by atoms with Crippen LogP contribution in [0.25, 0.3) is 16.8 Å². The van der Waals surface area contributed by atoms with Crippen molar-refractivity contribution in [2.24, 2.45) is 7.05 Å². The fraction of sp³-hybridized carbons (Fsp3) is 0.182. The van der Waals surface area contributed by atoms with Crippen LogP contribution >= 0.6 is 15.9 Å². The number of hydrogen-bond acceptors (Lipinski definition) is 3. The van der Waals surface area contributed by atoms with Gasteiger partial charge in [0.1, 0.15) is 6.61 Å². The predicted molar refractivity (Wildman–Crippen MR) is 117 cm³/mol. The van der Waals surface area contributed by atoms with Gasteiger partial charge in [-0.15, -0.1) is 0 Å². The number of nitrogens with zero attached hydrogens (tertiary/aromatic N) is 3. The summed E-state index contributed by atoms with van der Waals surface area (Å²) in [5.74, 6) is 0.524. The van der Waals surface area contributed by atoms with Crippen LogP contribution < -0.4 is 10.4 Å². The van der Waals surface area contributed by atoms with Gasteiger partial charge in [-0.3, -0.25) is 0 Å². The van der Waals surface area contributed by atoms with Crippen molar-refractivity contribution in [2.75, 3.05) is 0 Å². The molecule has 0 unspecified atom stereocenters. The average molecular weight is 453 g/mol. The Hall–Kier alpha value is -3.06. The molecule has 0 fully saturated rings. The minimum Gasteiger partial charge on any atom is -0.472 e. The van der Waals surface area contributed by atoms with Crippen LogP contribution in [-0.2, 0) is 13.7 Å². The van der Waals surface area contributed by atoms with E-state index < -0.39 is 0 Å². The molecular formula is C22H21BrN4O2. The van der Waals surface area contributed by atoms with Gasteiger partial charge in [0.25, 0.3) is 0 Å². The molecule has 6 nitrogen and oxygen atoms in total. The Morgan fingerprint density at radius 1 is 1.10 bits per heavy atom. The Balaban J connectivity index is 1.63. The highest BCUT2D eigenvalue weighted by atomic mass is 79.9. The molecule has 2 aromatic heterocycles. The Bertz CT molecular complexity index is 1220. The average Bonchev–Trinajstić information content (AvgIpc) is 2.73. The van der Waals surface area contributed by atoms with E-state index in [0.717, 1.165) is 38.1 Å². The van der Waals surface area contributed by atoms with Crippen LogP contribution in [0.2, 0.25) is 0 Å². The van der Waals surface area contributed by atoms with E-state index >= 15 is 0 Å². The third-order valence-electron chi connectivity index (χ3n) is 4.93. The minimum atomic E-state index is -0.112. The van der Waals surface area contributed by atoms with Crippen LogP contribution in [0.1, 0.15) is 16.8 Å². The van der Waals surface area contributed by atoms with Gasteiger partial charge in [-0.2, -0.15) is 4.68 Å². The molecule has 0 radical (unpaired) electrons. The zero-order chi connectivity index (χ0) is 20.5. The van der Waals surface area contributed by atoms with Crippen molar-refractivity contribution in [1.82, 2.24) is 19.6 Å². The lowest BCUT2D eigenvalue weighted by Gasteiger charge is -2.19. The van der Waals surface area contributed by atoms with Crippen molar-refractivity contribution in [3.05, 3.63) is 86.4 Å². The Morgan fingerprint density at radius 3 is 2.55 bits per heavy atom. The van der Waals surface area contributed by atoms with E-state index in [0.29, 0.717) is 12.5 Å². The third-order valence-corrected chi connectivity index (χ3v) is 5.50. The number of hydrogen-bond donors (Lipinski definition) is 1. The number of nitrogens with one attached hydrogen (secondary N) is 1. The van der Waals surface area contributed by atoms with Crippen LogP contribution in [0.3, 0.4) is 0 Å². The normalized spacial score (nSPS) is 11.0. The monoisotopic (exact) mass is 452 g/mol. The van der Waals surface area contributed by atoms with Crippen molar-refractivity contribution in [1.29, 1.82) is 0 Å². The summed E-state index contributed by atoms with van der Waals surface area (Å²) >= 11 is 3.59. The van der Waals surface area contributed by atoms with Gasteiger partial charge < -0.3 is 4.74 Å². The molecule has 0 atom stereocenters. The summed E-state index contributed by atoms with van der Waals surface area (Å²) in [5.41, 5.74) is 5.69. The molecule has 0 aliphatic heterocycles. The van der Waals surface area contributed by atoms with E-state index in [2.05, 4.69) is 38.3 Å². The van der Waals surface area contributed by atoms with Crippen molar-refractivity contribution >= 4 is 15.9 Å². The van der Waals surface area contributed by atoms with Gasteiger partial charge in [0.05, 0.1) is 10.2 Å². The van der Waals surface area contributed by atoms with Gasteiger partial charge in [0, 0.05) is 23.9 Å². The molecule has 0 amide bonds. The summed E-state index contributed by atoms with van der Waals surface area (Å²) in [6.45, 7) is 4.27. The first-order chi connectivity index (χ1) is 14.0. The molecule has 0 aliphatic carbocycles. The molecule has 0 spiro atoms. The molecule has 29 heavy (non-hydrogen) atoms. The highest BCUT2D eigenvalue weighted by molar-refractivity contribution is 9.10. The Morgan fingerprint density at radius 2 is 1.86 bits per heavy atom. The van der Waals surface area contributed by atoms with Crippen molar-refractivity contribution in [3.63, 3.8) is 0 Å². The van der Waals surface area contributed by atoms with E-state index in [1.807, 2.05) is 56.3 Å². The number of aromatic nitrogens is 4. The largest absolute Gasteiger partial charge is 0.472 e. The van der Waals surface area contributed by atoms with Crippen LogP contribution in [-0.4, -0.2) is 19.6 Å². The van der Waals surface area contributed by atoms with Crippen LogP contribution in [0.15, 0.2) is 63.9 Å². The fourth-order valence-electron chi connectivity index (χ4n) is 3.29. The van der Waals surface area contributed by atoms with Gasteiger partial charge in [-0.1, -0.05) is 42.5 Å². The number of ether oxygens (including phenoxy) is 1. The Kier molecular flexibility index (Phi) is 5.15. The molecule has 0 aliphatic rings. The lowest BCUT2D eigenvalue weighted by molar-refractivity contribution is 0.289. The Labute approximate surface area is 176 Å². The number of H-pyrrole nitrogens is 1. The predicted octanol–water partition coefficient (Wildman–Crippen LogP) is 4.52. The van der Waals surface area contributed by atoms with Gasteiger partial charge >= 0.3 is 5.69 Å². The molecule has 148 valence electrons. The maximum atomic E-state index is 12.1. The lowest BCUT2D eigenvalue weighted by Crippen LogP contribution is -2.40. The zero-order valence-corrected chi connectivity index (χ0v) is 18.0. The SMILES string of the molecule is Cc1cccc(-n2[nH]n(C)c2=O)c1COc1nc(C)c(-c2ccccc2)cc1Br. The summed E-state index contributed by atoms with van der Waals surface area (Å²) in [4.78, 5) is 16.8. The third kappa shape index (κ3) is 3.65. The fourth-order valence-corrected chi connectivity index (χ4v) is 3.72. The first-order valence-electron chi connectivity index (χ1n) is 9.23. The summed E-state index contributed by atoms with van der Waals surface area (Å²) in [5, 5.41) is 2.96. The van der Waals surface area contributed by atoms with Crippen LogP contribution in [0, 0.1) is 13.8 Å². The maximum Gasteiger partial charge on any atom is 0.364 e. The summed E-state index contributed by atoms with van der Waals surface area (Å²) in [7, 11) is 1.68. The van der Waals surface area contributed by atoms with Gasteiger partial charge in [-0.25, -0.2) is 19.7 Å². The summed E-state index contributed by atoms with van der Waals surface area (Å²) < 4.78 is 9.79. The van der Waals surface area contributed by atoms with E-state index in [-0.39, 0.29) is 5.69 Å². The number of aryl methyl sites for hydroxylation is 3. The van der Waals surface area contributed by atoms with Gasteiger partial charge in [0.15, 0.2) is 0 Å².